The van der Waals surface area contributed by atoms with Gasteiger partial charge in [0.15, 0.2) is 0 Å². The third-order valence-electron chi connectivity index (χ3n) is 5.28. The molecule has 0 unspecified atom stereocenters. The minimum absolute atomic E-state index is 0.0557. The van der Waals surface area contributed by atoms with E-state index in [-0.39, 0.29) is 24.2 Å². The predicted octanol–water partition coefficient (Wildman–Crippen LogP) is 2.05. The lowest BCUT2D eigenvalue weighted by molar-refractivity contribution is -0.132. The highest BCUT2D eigenvalue weighted by Gasteiger charge is 2.22. The molecular formula is C23H29FN4O3. The third kappa shape index (κ3) is 7.04. The monoisotopic (exact) mass is 428 g/mol. The lowest BCUT2D eigenvalue weighted by Gasteiger charge is -2.34. The standard InChI is InChI=1S/C23H29FN4O3/c1-26(15-18-5-3-8-21(13-18)31-2)23(30)17-28-11-9-27(10-12-28)16-22(29)25-20-7-4-6-19(24)14-20/h3-8,13-14H,9-12,15-17H2,1-2H3,(H,25,29). The Morgan fingerprint density at radius 1 is 1.03 bits per heavy atom. The number of likely N-dealkylation sites (N-methyl/N-ethyl adjacent to an activating group) is 1. The maximum Gasteiger partial charge on any atom is 0.238 e. The van der Waals surface area contributed by atoms with Crippen LogP contribution >= 0.6 is 0 Å². The zero-order chi connectivity index (χ0) is 22.2. The Morgan fingerprint density at radius 3 is 2.39 bits per heavy atom. The highest BCUT2D eigenvalue weighted by Crippen LogP contribution is 2.14. The molecule has 0 bridgehead atoms. The summed E-state index contributed by atoms with van der Waals surface area (Å²) < 4.78 is 18.5. The molecule has 2 aromatic rings. The van der Waals surface area contributed by atoms with Crippen LogP contribution in [0.15, 0.2) is 48.5 Å². The summed E-state index contributed by atoms with van der Waals surface area (Å²) in [5.41, 5.74) is 1.47. The summed E-state index contributed by atoms with van der Waals surface area (Å²) in [6.45, 7) is 3.94. The molecule has 8 heteroatoms. The van der Waals surface area contributed by atoms with Crippen molar-refractivity contribution in [2.24, 2.45) is 0 Å². The number of hydrogen-bond donors (Lipinski definition) is 1. The molecule has 0 saturated carbocycles. The number of amides is 2. The summed E-state index contributed by atoms with van der Waals surface area (Å²) in [5.74, 6) is 0.275. The first-order chi connectivity index (χ1) is 14.9. The molecule has 1 fully saturated rings. The summed E-state index contributed by atoms with van der Waals surface area (Å²) >= 11 is 0. The molecule has 7 nitrogen and oxygen atoms in total. The molecule has 31 heavy (non-hydrogen) atoms. The topological polar surface area (TPSA) is 65.1 Å². The number of rotatable bonds is 8. The zero-order valence-electron chi connectivity index (χ0n) is 18.0. The Kier molecular flexibility index (Phi) is 7.97. The van der Waals surface area contributed by atoms with E-state index in [0.29, 0.717) is 45.0 Å². The van der Waals surface area contributed by atoms with Crippen LogP contribution < -0.4 is 10.1 Å². The lowest BCUT2D eigenvalue weighted by Crippen LogP contribution is -2.51. The number of anilines is 1. The molecule has 0 atom stereocenters. The SMILES string of the molecule is COc1cccc(CN(C)C(=O)CN2CCN(CC(=O)Nc3cccc(F)c3)CC2)c1. The van der Waals surface area contributed by atoms with Gasteiger partial charge in [0.1, 0.15) is 11.6 Å². The average Bonchev–Trinajstić information content (AvgIpc) is 2.75. The minimum atomic E-state index is -0.382. The molecule has 166 valence electrons. The van der Waals surface area contributed by atoms with Crippen molar-refractivity contribution in [3.05, 3.63) is 59.9 Å². The third-order valence-corrected chi connectivity index (χ3v) is 5.28. The molecule has 2 amide bonds. The van der Waals surface area contributed by atoms with Gasteiger partial charge in [-0.1, -0.05) is 18.2 Å². The molecule has 1 N–H and O–H groups in total. The van der Waals surface area contributed by atoms with Crippen LogP contribution in [0.4, 0.5) is 10.1 Å². The number of halogens is 1. The van der Waals surface area contributed by atoms with Crippen molar-refractivity contribution >= 4 is 17.5 Å². The van der Waals surface area contributed by atoms with Crippen molar-refractivity contribution in [1.29, 1.82) is 0 Å². The lowest BCUT2D eigenvalue weighted by atomic mass is 10.2. The summed E-state index contributed by atoms with van der Waals surface area (Å²) in [6, 6.07) is 13.5. The fourth-order valence-electron chi connectivity index (χ4n) is 3.52. The van der Waals surface area contributed by atoms with E-state index in [2.05, 4.69) is 10.2 Å². The normalized spacial score (nSPS) is 14.8. The number of ether oxygens (including phenoxy) is 1. The molecule has 0 aliphatic carbocycles. The van der Waals surface area contributed by atoms with Crippen molar-refractivity contribution < 1.29 is 18.7 Å². The summed E-state index contributed by atoms with van der Waals surface area (Å²) in [6.07, 6.45) is 0. The van der Waals surface area contributed by atoms with E-state index in [0.717, 1.165) is 11.3 Å². The molecule has 1 aliphatic heterocycles. The highest BCUT2D eigenvalue weighted by molar-refractivity contribution is 5.92. The Hall–Kier alpha value is -2.97. The van der Waals surface area contributed by atoms with Gasteiger partial charge in [-0.2, -0.15) is 0 Å². The molecule has 1 aliphatic rings. The fraction of sp³-hybridized carbons (Fsp3) is 0.391. The summed E-state index contributed by atoms with van der Waals surface area (Å²) in [7, 11) is 3.42. The number of carbonyl (C=O) groups is 2. The first kappa shape index (κ1) is 22.7. The van der Waals surface area contributed by atoms with E-state index >= 15 is 0 Å². The molecule has 1 heterocycles. The van der Waals surface area contributed by atoms with Gasteiger partial charge in [-0.05, 0) is 35.9 Å². The van der Waals surface area contributed by atoms with Crippen LogP contribution in [0.2, 0.25) is 0 Å². The number of benzene rings is 2. The van der Waals surface area contributed by atoms with Gasteiger partial charge in [0.25, 0.3) is 0 Å². The maximum atomic E-state index is 13.2. The molecule has 1 saturated heterocycles. The van der Waals surface area contributed by atoms with Crippen LogP contribution in [0.3, 0.4) is 0 Å². The Morgan fingerprint density at radius 2 is 1.71 bits per heavy atom. The number of nitrogens with one attached hydrogen (secondary N) is 1. The van der Waals surface area contributed by atoms with E-state index in [9.17, 15) is 14.0 Å². The number of hydrogen-bond acceptors (Lipinski definition) is 5. The van der Waals surface area contributed by atoms with E-state index in [1.54, 1.807) is 31.2 Å². The largest absolute Gasteiger partial charge is 0.497 e. The zero-order valence-corrected chi connectivity index (χ0v) is 18.0. The van der Waals surface area contributed by atoms with Crippen LogP contribution in [0.25, 0.3) is 0 Å². The van der Waals surface area contributed by atoms with Crippen molar-refractivity contribution in [3.63, 3.8) is 0 Å². The second-order valence-corrected chi connectivity index (χ2v) is 7.71. The van der Waals surface area contributed by atoms with Crippen molar-refractivity contribution in [1.82, 2.24) is 14.7 Å². The number of methoxy groups -OCH3 is 1. The number of carbonyl (C=O) groups excluding carboxylic acids is 2. The molecule has 2 aromatic carbocycles. The predicted molar refractivity (Wildman–Crippen MR) is 117 cm³/mol. The van der Waals surface area contributed by atoms with Gasteiger partial charge in [-0.25, -0.2) is 4.39 Å². The first-order valence-electron chi connectivity index (χ1n) is 10.3. The Bertz CT molecular complexity index is 900. The quantitative estimate of drug-likeness (QED) is 0.697. The van der Waals surface area contributed by atoms with E-state index in [1.165, 1.54) is 12.1 Å². The first-order valence-corrected chi connectivity index (χ1v) is 10.3. The summed E-state index contributed by atoms with van der Waals surface area (Å²) in [4.78, 5) is 30.7. The average molecular weight is 429 g/mol. The van der Waals surface area contributed by atoms with E-state index in [4.69, 9.17) is 4.74 Å². The fourth-order valence-corrected chi connectivity index (χ4v) is 3.52. The Labute approximate surface area is 182 Å². The van der Waals surface area contributed by atoms with Crippen LogP contribution in [-0.2, 0) is 16.1 Å². The maximum absolute atomic E-state index is 13.2. The second kappa shape index (κ2) is 10.9. The van der Waals surface area contributed by atoms with Crippen molar-refractivity contribution in [2.75, 3.05) is 58.7 Å². The smallest absolute Gasteiger partial charge is 0.238 e. The molecule has 0 aromatic heterocycles. The molecular weight excluding hydrogens is 399 g/mol. The van der Waals surface area contributed by atoms with Crippen LogP contribution in [-0.4, -0.2) is 79.9 Å². The van der Waals surface area contributed by atoms with E-state index in [1.807, 2.05) is 29.2 Å². The van der Waals surface area contributed by atoms with Gasteiger partial charge in [-0.15, -0.1) is 0 Å². The second-order valence-electron chi connectivity index (χ2n) is 7.71. The number of piperazine rings is 1. The van der Waals surface area contributed by atoms with Gasteiger partial charge in [0.2, 0.25) is 11.8 Å². The van der Waals surface area contributed by atoms with Gasteiger partial charge in [0, 0.05) is 45.5 Å². The van der Waals surface area contributed by atoms with Crippen molar-refractivity contribution in [3.8, 4) is 5.75 Å². The van der Waals surface area contributed by atoms with Gasteiger partial charge in [0.05, 0.1) is 20.2 Å². The van der Waals surface area contributed by atoms with E-state index < -0.39 is 0 Å². The van der Waals surface area contributed by atoms with Gasteiger partial charge >= 0.3 is 0 Å². The van der Waals surface area contributed by atoms with Crippen molar-refractivity contribution in [2.45, 2.75) is 6.54 Å². The summed E-state index contributed by atoms with van der Waals surface area (Å²) in [5, 5.41) is 2.72. The van der Waals surface area contributed by atoms with Crippen LogP contribution in [0.5, 0.6) is 5.75 Å². The molecule has 0 spiro atoms. The highest BCUT2D eigenvalue weighted by atomic mass is 19.1. The van der Waals surface area contributed by atoms with Gasteiger partial charge < -0.3 is 15.0 Å². The molecule has 0 radical (unpaired) electrons. The van der Waals surface area contributed by atoms with Crippen LogP contribution in [0.1, 0.15) is 5.56 Å². The molecule has 3 rings (SSSR count). The minimum Gasteiger partial charge on any atom is -0.497 e. The van der Waals surface area contributed by atoms with Crippen LogP contribution in [0, 0.1) is 5.82 Å². The van der Waals surface area contributed by atoms with Gasteiger partial charge in [-0.3, -0.25) is 19.4 Å². The Balaban J connectivity index is 1.39. The number of nitrogens with zero attached hydrogens (tertiary/aromatic N) is 3.